The van der Waals surface area contributed by atoms with Gasteiger partial charge < -0.3 is 10.1 Å². The first-order chi connectivity index (χ1) is 15.7. The van der Waals surface area contributed by atoms with E-state index >= 15 is 0 Å². The lowest BCUT2D eigenvalue weighted by atomic mass is 10.2. The summed E-state index contributed by atoms with van der Waals surface area (Å²) < 4.78 is 32.6. The number of sulfonamides is 1. The lowest BCUT2D eigenvalue weighted by Crippen LogP contribution is -2.53. The number of carbonyl (C=O) groups is 2. The molecule has 0 unspecified atom stereocenters. The number of methoxy groups -OCH3 is 1. The molecule has 1 aliphatic rings. The van der Waals surface area contributed by atoms with E-state index in [0.717, 1.165) is 4.90 Å². The molecular formula is C23H20ClN3O5S. The van der Waals surface area contributed by atoms with Crippen molar-refractivity contribution >= 4 is 50.6 Å². The van der Waals surface area contributed by atoms with Crippen molar-refractivity contribution in [3.63, 3.8) is 0 Å². The number of nitrogens with one attached hydrogen (secondary N) is 1. The summed E-state index contributed by atoms with van der Waals surface area (Å²) in [5.41, 5.74) is 1.30. The van der Waals surface area contributed by atoms with Crippen LogP contribution in [0, 0.1) is 6.92 Å². The van der Waals surface area contributed by atoms with E-state index in [4.69, 9.17) is 16.3 Å². The molecule has 0 atom stereocenters. The molecule has 4 rings (SSSR count). The summed E-state index contributed by atoms with van der Waals surface area (Å²) in [5.74, 6) is 0.135. The van der Waals surface area contributed by atoms with Gasteiger partial charge >= 0.3 is 6.03 Å². The van der Waals surface area contributed by atoms with Gasteiger partial charge in [-0.2, -0.15) is 4.31 Å². The number of benzene rings is 3. The third kappa shape index (κ3) is 4.24. The molecule has 0 bridgehead atoms. The van der Waals surface area contributed by atoms with Gasteiger partial charge in [-0.15, -0.1) is 0 Å². The largest absolute Gasteiger partial charge is 0.497 e. The molecular weight excluding hydrogens is 466 g/mol. The molecule has 3 amide bonds. The highest BCUT2D eigenvalue weighted by atomic mass is 35.5. The van der Waals surface area contributed by atoms with Crippen LogP contribution in [0.15, 0.2) is 71.6 Å². The van der Waals surface area contributed by atoms with Crippen molar-refractivity contribution in [2.24, 2.45) is 0 Å². The van der Waals surface area contributed by atoms with Gasteiger partial charge in [0.05, 0.1) is 18.5 Å². The summed E-state index contributed by atoms with van der Waals surface area (Å²) in [5, 5.41) is 2.99. The van der Waals surface area contributed by atoms with E-state index in [1.165, 1.54) is 25.3 Å². The Balaban J connectivity index is 1.72. The maximum absolute atomic E-state index is 13.5. The van der Waals surface area contributed by atoms with E-state index in [0.29, 0.717) is 21.3 Å². The molecule has 0 fully saturated rings. The van der Waals surface area contributed by atoms with Crippen molar-refractivity contribution in [1.82, 2.24) is 0 Å². The lowest BCUT2D eigenvalue weighted by molar-refractivity contribution is -0.114. The van der Waals surface area contributed by atoms with Crippen molar-refractivity contribution in [3.8, 4) is 5.75 Å². The SMILES string of the molecule is COc1ccc(NC(=O)CN2C(=O)N(c3cc(Cl)ccc3C)S(=O)(=O)c3ccccc32)cc1. The Labute approximate surface area is 196 Å². The van der Waals surface area contributed by atoms with Crippen molar-refractivity contribution in [1.29, 1.82) is 0 Å². The summed E-state index contributed by atoms with van der Waals surface area (Å²) >= 11 is 6.09. The number of fused-ring (bicyclic) bond motifs is 1. The molecule has 0 aliphatic carbocycles. The highest BCUT2D eigenvalue weighted by Crippen LogP contribution is 2.38. The van der Waals surface area contributed by atoms with Crippen LogP contribution in [0.1, 0.15) is 5.56 Å². The smallest absolute Gasteiger partial charge is 0.343 e. The predicted octanol–water partition coefficient (Wildman–Crippen LogP) is 4.43. The van der Waals surface area contributed by atoms with Crippen LogP contribution in [0.5, 0.6) is 5.75 Å². The Kier molecular flexibility index (Phi) is 6.01. The van der Waals surface area contributed by atoms with Gasteiger partial charge in [-0.05, 0) is 61.0 Å². The van der Waals surface area contributed by atoms with Crippen LogP contribution in [0.3, 0.4) is 0 Å². The van der Waals surface area contributed by atoms with E-state index in [1.807, 2.05) is 0 Å². The van der Waals surface area contributed by atoms with Crippen LogP contribution in [0.4, 0.5) is 21.9 Å². The van der Waals surface area contributed by atoms with Gasteiger partial charge in [0, 0.05) is 10.7 Å². The Morgan fingerprint density at radius 2 is 1.73 bits per heavy atom. The molecule has 8 nitrogen and oxygen atoms in total. The number of rotatable bonds is 5. The van der Waals surface area contributed by atoms with Crippen molar-refractivity contribution < 1.29 is 22.7 Å². The maximum atomic E-state index is 13.5. The summed E-state index contributed by atoms with van der Waals surface area (Å²) in [4.78, 5) is 27.3. The second-order valence-electron chi connectivity index (χ2n) is 7.31. The minimum Gasteiger partial charge on any atom is -0.497 e. The molecule has 0 aromatic heterocycles. The molecule has 1 heterocycles. The van der Waals surface area contributed by atoms with Crippen LogP contribution < -0.4 is 19.3 Å². The van der Waals surface area contributed by atoms with Crippen LogP contribution in [-0.4, -0.2) is 34.0 Å². The lowest BCUT2D eigenvalue weighted by Gasteiger charge is -2.36. The fourth-order valence-electron chi connectivity index (χ4n) is 3.52. The Morgan fingerprint density at radius 3 is 2.42 bits per heavy atom. The number of para-hydroxylation sites is 1. The van der Waals surface area contributed by atoms with Gasteiger partial charge in [-0.1, -0.05) is 29.8 Å². The van der Waals surface area contributed by atoms with Crippen LogP contribution in [0.2, 0.25) is 5.02 Å². The summed E-state index contributed by atoms with van der Waals surface area (Å²) in [6, 6.07) is 16.5. The van der Waals surface area contributed by atoms with Crippen LogP contribution in [0.25, 0.3) is 0 Å². The van der Waals surface area contributed by atoms with E-state index in [9.17, 15) is 18.0 Å². The Bertz CT molecular complexity index is 1340. The van der Waals surface area contributed by atoms with E-state index in [2.05, 4.69) is 5.32 Å². The van der Waals surface area contributed by atoms with Gasteiger partial charge in [0.25, 0.3) is 10.0 Å². The highest BCUT2D eigenvalue weighted by Gasteiger charge is 2.43. The molecule has 0 saturated carbocycles. The number of halogens is 1. The number of amides is 3. The van der Waals surface area contributed by atoms with Gasteiger partial charge in [-0.3, -0.25) is 9.69 Å². The second kappa shape index (κ2) is 8.76. The fraction of sp³-hybridized carbons (Fsp3) is 0.130. The average molecular weight is 486 g/mol. The number of carbonyl (C=O) groups excluding carboxylic acids is 2. The molecule has 3 aromatic rings. The number of aryl methyl sites for hydroxylation is 1. The molecule has 0 spiro atoms. The molecule has 33 heavy (non-hydrogen) atoms. The van der Waals surface area contributed by atoms with Crippen LogP contribution >= 0.6 is 11.6 Å². The number of nitrogens with zero attached hydrogens (tertiary/aromatic N) is 2. The first kappa shape index (κ1) is 22.6. The minimum absolute atomic E-state index is 0.0822. The van der Waals surface area contributed by atoms with Crippen LogP contribution in [-0.2, 0) is 14.8 Å². The van der Waals surface area contributed by atoms with Gasteiger partial charge in [0.2, 0.25) is 5.91 Å². The van der Waals surface area contributed by atoms with Gasteiger partial charge in [0.15, 0.2) is 0 Å². The Morgan fingerprint density at radius 1 is 1.03 bits per heavy atom. The van der Waals surface area contributed by atoms with E-state index in [-0.39, 0.29) is 21.3 Å². The Hall–Kier alpha value is -3.56. The first-order valence-corrected chi connectivity index (χ1v) is 11.7. The second-order valence-corrected chi connectivity index (χ2v) is 9.50. The zero-order valence-electron chi connectivity index (χ0n) is 17.8. The normalized spacial score (nSPS) is 14.6. The highest BCUT2D eigenvalue weighted by molar-refractivity contribution is 7.94. The molecule has 1 N–H and O–H groups in total. The van der Waals surface area contributed by atoms with E-state index < -0.39 is 28.5 Å². The maximum Gasteiger partial charge on any atom is 0.343 e. The average Bonchev–Trinajstić information content (AvgIpc) is 2.79. The monoisotopic (exact) mass is 485 g/mol. The topological polar surface area (TPSA) is 96.0 Å². The molecule has 0 radical (unpaired) electrons. The van der Waals surface area contributed by atoms with E-state index in [1.54, 1.807) is 55.5 Å². The quantitative estimate of drug-likeness (QED) is 0.576. The standard InChI is InChI=1S/C23H20ClN3O5S/c1-15-7-8-16(24)13-20(15)27-23(29)26(19-5-3-4-6-21(19)33(27,30)31)14-22(28)25-17-9-11-18(32-2)12-10-17/h3-13H,14H2,1-2H3,(H,25,28). The number of ether oxygens (including phenoxy) is 1. The number of anilines is 3. The number of hydrogen-bond donors (Lipinski definition) is 1. The van der Waals surface area contributed by atoms with Crippen molar-refractivity contribution in [2.45, 2.75) is 11.8 Å². The minimum atomic E-state index is -4.22. The molecule has 170 valence electrons. The third-order valence-corrected chi connectivity index (χ3v) is 7.11. The molecule has 10 heteroatoms. The summed E-state index contributed by atoms with van der Waals surface area (Å²) in [6.45, 7) is 1.28. The number of urea groups is 1. The molecule has 0 saturated heterocycles. The van der Waals surface area contributed by atoms with Crippen molar-refractivity contribution in [2.75, 3.05) is 28.2 Å². The van der Waals surface area contributed by atoms with Gasteiger partial charge in [0.1, 0.15) is 17.2 Å². The molecule has 3 aromatic carbocycles. The zero-order valence-corrected chi connectivity index (χ0v) is 19.4. The predicted molar refractivity (Wildman–Crippen MR) is 127 cm³/mol. The zero-order chi connectivity index (χ0) is 23.8. The fourth-order valence-corrected chi connectivity index (χ4v) is 5.33. The summed E-state index contributed by atoms with van der Waals surface area (Å²) in [7, 11) is -2.69. The summed E-state index contributed by atoms with van der Waals surface area (Å²) in [6.07, 6.45) is 0. The third-order valence-electron chi connectivity index (χ3n) is 5.14. The first-order valence-electron chi connectivity index (χ1n) is 9.88. The molecule has 1 aliphatic heterocycles. The van der Waals surface area contributed by atoms with Crippen molar-refractivity contribution in [3.05, 3.63) is 77.3 Å². The van der Waals surface area contributed by atoms with Gasteiger partial charge in [-0.25, -0.2) is 13.2 Å². The number of hydrogen-bond acceptors (Lipinski definition) is 5.